The fourth-order valence-corrected chi connectivity index (χ4v) is 4.59. The number of nitrogens with zero attached hydrogens (tertiary/aromatic N) is 2. The number of hydrogen-bond donors (Lipinski definition) is 2. The van der Waals surface area contributed by atoms with Crippen LogP contribution in [-0.4, -0.2) is 28.6 Å². The first-order valence-corrected chi connectivity index (χ1v) is 10.4. The molecule has 2 aliphatic rings. The van der Waals surface area contributed by atoms with Crippen molar-refractivity contribution in [3.63, 3.8) is 0 Å². The molecule has 0 spiro atoms. The molecule has 1 aliphatic heterocycles. The average molecular weight is 422 g/mol. The van der Waals surface area contributed by atoms with Crippen LogP contribution >= 0.6 is 11.3 Å². The Morgan fingerprint density at radius 2 is 1.97 bits per heavy atom. The van der Waals surface area contributed by atoms with Crippen molar-refractivity contribution in [2.24, 2.45) is 0 Å². The van der Waals surface area contributed by atoms with Crippen molar-refractivity contribution in [1.29, 1.82) is 0 Å². The molecular formula is C21H18N4O4S. The summed E-state index contributed by atoms with van der Waals surface area (Å²) in [5.41, 5.74) is 2.21. The zero-order chi connectivity index (χ0) is 20.5. The van der Waals surface area contributed by atoms with Gasteiger partial charge in [0.15, 0.2) is 16.6 Å². The van der Waals surface area contributed by atoms with Gasteiger partial charge in [0.2, 0.25) is 12.7 Å². The number of thiazole rings is 1. The van der Waals surface area contributed by atoms with E-state index >= 15 is 0 Å². The van der Waals surface area contributed by atoms with Gasteiger partial charge in [-0.2, -0.15) is 0 Å². The number of anilines is 1. The molecule has 9 heteroatoms. The topological polar surface area (TPSA) is 102 Å². The van der Waals surface area contributed by atoms with Crippen LogP contribution in [0.15, 0.2) is 42.7 Å². The molecule has 2 N–H and O–H groups in total. The average Bonchev–Trinajstić information content (AvgIpc) is 3.47. The number of fused-ring (bicyclic) bond motifs is 2. The lowest BCUT2D eigenvalue weighted by atomic mass is 10.1. The number of carbonyl (C=O) groups excluding carboxylic acids is 2. The SMILES string of the molecule is O=C(Nc1nc2c(s1)CCC2C(=O)NCc1ccncc1)c1ccc2c(c1)OCO2. The number of aryl methyl sites for hydroxylation is 1. The Kier molecular flexibility index (Phi) is 4.80. The Labute approximate surface area is 176 Å². The molecule has 5 rings (SSSR count). The monoisotopic (exact) mass is 422 g/mol. The number of ether oxygens (including phenoxy) is 2. The van der Waals surface area contributed by atoms with Gasteiger partial charge < -0.3 is 14.8 Å². The highest BCUT2D eigenvalue weighted by Crippen LogP contribution is 2.39. The second-order valence-corrected chi connectivity index (χ2v) is 8.10. The van der Waals surface area contributed by atoms with Crippen molar-refractivity contribution in [3.8, 4) is 11.5 Å². The highest BCUT2D eigenvalue weighted by Gasteiger charge is 2.32. The largest absolute Gasteiger partial charge is 0.454 e. The Morgan fingerprint density at radius 3 is 2.83 bits per heavy atom. The molecule has 2 amide bonds. The van der Waals surface area contributed by atoms with E-state index in [4.69, 9.17) is 9.47 Å². The summed E-state index contributed by atoms with van der Waals surface area (Å²) in [4.78, 5) is 34.8. The first-order chi connectivity index (χ1) is 14.7. The third-order valence-electron chi connectivity index (χ3n) is 5.11. The Hall–Kier alpha value is -3.46. The minimum absolute atomic E-state index is 0.0514. The van der Waals surface area contributed by atoms with Crippen LogP contribution in [0.3, 0.4) is 0 Å². The molecule has 3 heterocycles. The molecule has 1 atom stereocenters. The number of nitrogens with one attached hydrogen (secondary N) is 2. The molecule has 152 valence electrons. The second kappa shape index (κ2) is 7.75. The Balaban J connectivity index is 1.25. The maximum atomic E-state index is 12.7. The highest BCUT2D eigenvalue weighted by molar-refractivity contribution is 7.16. The van der Waals surface area contributed by atoms with Gasteiger partial charge in [0.25, 0.3) is 5.91 Å². The van der Waals surface area contributed by atoms with Crippen LogP contribution in [0.1, 0.15) is 38.8 Å². The standard InChI is InChI=1S/C21H18N4O4S/c26-19(13-1-3-15-16(9-13)29-11-28-15)25-21-24-18-14(2-4-17(18)30-21)20(27)23-10-12-5-7-22-8-6-12/h1,3,5-9,14H,2,4,10-11H2,(H,23,27)(H,24,25,26). The van der Waals surface area contributed by atoms with Gasteiger partial charge in [0.1, 0.15) is 0 Å². The van der Waals surface area contributed by atoms with Gasteiger partial charge >= 0.3 is 0 Å². The molecule has 1 aromatic carbocycles. The summed E-state index contributed by atoms with van der Waals surface area (Å²) >= 11 is 1.42. The molecule has 0 fully saturated rings. The molecule has 2 aromatic heterocycles. The van der Waals surface area contributed by atoms with Crippen molar-refractivity contribution in [3.05, 3.63) is 64.4 Å². The lowest BCUT2D eigenvalue weighted by Gasteiger charge is -2.10. The van der Waals surface area contributed by atoms with Gasteiger partial charge in [0.05, 0.1) is 11.6 Å². The van der Waals surface area contributed by atoms with E-state index in [9.17, 15) is 9.59 Å². The van der Waals surface area contributed by atoms with Crippen LogP contribution in [0.2, 0.25) is 0 Å². The zero-order valence-corrected chi connectivity index (χ0v) is 16.7. The van der Waals surface area contributed by atoms with Crippen LogP contribution in [0.4, 0.5) is 5.13 Å². The maximum Gasteiger partial charge on any atom is 0.257 e. The summed E-state index contributed by atoms with van der Waals surface area (Å²) in [5, 5.41) is 6.29. The van der Waals surface area contributed by atoms with E-state index in [2.05, 4.69) is 20.6 Å². The number of aromatic nitrogens is 2. The van der Waals surface area contributed by atoms with E-state index in [0.717, 1.165) is 29.0 Å². The van der Waals surface area contributed by atoms with Crippen molar-refractivity contribution in [2.75, 3.05) is 12.1 Å². The van der Waals surface area contributed by atoms with Crippen molar-refractivity contribution in [2.45, 2.75) is 25.3 Å². The molecule has 8 nitrogen and oxygen atoms in total. The number of carbonyl (C=O) groups is 2. The van der Waals surface area contributed by atoms with Crippen LogP contribution in [0.5, 0.6) is 11.5 Å². The van der Waals surface area contributed by atoms with E-state index in [1.54, 1.807) is 30.6 Å². The minimum atomic E-state index is -0.297. The van der Waals surface area contributed by atoms with Crippen molar-refractivity contribution < 1.29 is 19.1 Å². The predicted octanol–water partition coefficient (Wildman–Crippen LogP) is 2.87. The third-order valence-corrected chi connectivity index (χ3v) is 6.15. The van der Waals surface area contributed by atoms with Gasteiger partial charge in [-0.1, -0.05) is 0 Å². The molecule has 0 radical (unpaired) electrons. The van der Waals surface area contributed by atoms with E-state index < -0.39 is 0 Å². The zero-order valence-electron chi connectivity index (χ0n) is 15.9. The lowest BCUT2D eigenvalue weighted by Crippen LogP contribution is -2.28. The molecule has 0 bridgehead atoms. The van der Waals surface area contributed by atoms with E-state index in [1.807, 2.05) is 12.1 Å². The van der Waals surface area contributed by atoms with Crippen LogP contribution in [0, 0.1) is 0 Å². The summed E-state index contributed by atoms with van der Waals surface area (Å²) in [5.74, 6) is 0.550. The molecule has 3 aromatic rings. The first kappa shape index (κ1) is 18.6. The summed E-state index contributed by atoms with van der Waals surface area (Å²) in [6, 6.07) is 8.77. The molecule has 1 aliphatic carbocycles. The van der Waals surface area contributed by atoms with Crippen LogP contribution in [0.25, 0.3) is 0 Å². The number of pyridine rings is 1. The number of benzene rings is 1. The van der Waals surface area contributed by atoms with Crippen molar-refractivity contribution in [1.82, 2.24) is 15.3 Å². The van der Waals surface area contributed by atoms with Gasteiger partial charge in [-0.25, -0.2) is 4.98 Å². The molecule has 0 saturated carbocycles. The van der Waals surface area contributed by atoms with E-state index in [-0.39, 0.29) is 24.5 Å². The van der Waals surface area contributed by atoms with E-state index in [1.165, 1.54) is 11.3 Å². The van der Waals surface area contributed by atoms with Gasteiger partial charge in [-0.3, -0.25) is 19.9 Å². The predicted molar refractivity (Wildman–Crippen MR) is 110 cm³/mol. The maximum absolute atomic E-state index is 12.7. The normalized spacial score (nSPS) is 16.2. The third kappa shape index (κ3) is 3.59. The Bertz CT molecular complexity index is 1120. The fourth-order valence-electron chi connectivity index (χ4n) is 3.56. The van der Waals surface area contributed by atoms with Gasteiger partial charge in [-0.05, 0) is 48.7 Å². The fraction of sp³-hybridized carbons (Fsp3) is 0.238. The molecule has 0 saturated heterocycles. The molecule has 1 unspecified atom stereocenters. The summed E-state index contributed by atoms with van der Waals surface area (Å²) in [6.45, 7) is 0.606. The van der Waals surface area contributed by atoms with Gasteiger partial charge in [-0.15, -0.1) is 11.3 Å². The van der Waals surface area contributed by atoms with Crippen molar-refractivity contribution >= 4 is 28.3 Å². The quantitative estimate of drug-likeness (QED) is 0.656. The summed E-state index contributed by atoms with van der Waals surface area (Å²) < 4.78 is 10.6. The van der Waals surface area contributed by atoms with Gasteiger partial charge in [0, 0.05) is 29.4 Å². The summed E-state index contributed by atoms with van der Waals surface area (Å²) in [7, 11) is 0. The van der Waals surface area contributed by atoms with Crippen LogP contribution in [-0.2, 0) is 17.8 Å². The number of amides is 2. The molecule has 30 heavy (non-hydrogen) atoms. The highest BCUT2D eigenvalue weighted by atomic mass is 32.1. The van der Waals surface area contributed by atoms with Crippen LogP contribution < -0.4 is 20.1 Å². The summed E-state index contributed by atoms with van der Waals surface area (Å²) in [6.07, 6.45) is 4.91. The lowest BCUT2D eigenvalue weighted by molar-refractivity contribution is -0.122. The first-order valence-electron chi connectivity index (χ1n) is 9.54. The smallest absolute Gasteiger partial charge is 0.257 e. The minimum Gasteiger partial charge on any atom is -0.454 e. The second-order valence-electron chi connectivity index (χ2n) is 7.01. The molecular weight excluding hydrogens is 404 g/mol. The Morgan fingerprint density at radius 1 is 1.13 bits per heavy atom. The number of rotatable bonds is 5. The van der Waals surface area contributed by atoms with E-state index in [0.29, 0.717) is 28.7 Å². The number of hydrogen-bond acceptors (Lipinski definition) is 7.